The second-order valence-electron chi connectivity index (χ2n) is 8.20. The van der Waals surface area contributed by atoms with Gasteiger partial charge in [-0.25, -0.2) is 4.39 Å². The van der Waals surface area contributed by atoms with Crippen molar-refractivity contribution in [2.75, 3.05) is 6.61 Å². The highest BCUT2D eigenvalue weighted by molar-refractivity contribution is 5.97. The normalized spacial score (nSPS) is 19.9. The zero-order chi connectivity index (χ0) is 19.6. The van der Waals surface area contributed by atoms with Crippen molar-refractivity contribution in [2.45, 2.75) is 91.4 Å². The van der Waals surface area contributed by atoms with Gasteiger partial charge < -0.3 is 4.74 Å². The first-order valence-corrected chi connectivity index (χ1v) is 11.0. The van der Waals surface area contributed by atoms with E-state index in [1.165, 1.54) is 57.8 Å². The van der Waals surface area contributed by atoms with Crippen molar-refractivity contribution in [3.63, 3.8) is 0 Å². The predicted octanol–water partition coefficient (Wildman–Crippen LogP) is 7.27. The lowest BCUT2D eigenvalue weighted by Gasteiger charge is -2.28. The summed E-state index contributed by atoms with van der Waals surface area (Å²) in [7, 11) is 0. The molecule has 1 aromatic carbocycles. The van der Waals surface area contributed by atoms with E-state index in [0.717, 1.165) is 18.3 Å². The van der Waals surface area contributed by atoms with Gasteiger partial charge in [-0.05, 0) is 49.3 Å². The van der Waals surface area contributed by atoms with E-state index in [1.54, 1.807) is 26.0 Å². The molecule has 0 radical (unpaired) electrons. The number of ether oxygens (including phenoxy) is 1. The van der Waals surface area contributed by atoms with Gasteiger partial charge in [-0.1, -0.05) is 65.2 Å². The van der Waals surface area contributed by atoms with Crippen LogP contribution in [0.25, 0.3) is 0 Å². The Balaban J connectivity index is 1.69. The molecule has 0 saturated heterocycles. The average Bonchev–Trinajstić information content (AvgIpc) is 2.69. The maximum atomic E-state index is 14.4. The maximum Gasteiger partial charge on any atom is 0.168 e. The van der Waals surface area contributed by atoms with Crippen LogP contribution in [-0.2, 0) is 0 Å². The standard InChI is InChI=1S/C24H37FO2/c1-4-6-7-9-19-11-13-20(14-12-19)10-8-17-27-23-16-15-21(22(26)5-2)18(3)24(23)25/h15-16,19-20H,4-14,17H2,1-3H3. The molecule has 3 heteroatoms. The fourth-order valence-electron chi connectivity index (χ4n) is 4.31. The van der Waals surface area contributed by atoms with Gasteiger partial charge in [0.2, 0.25) is 0 Å². The lowest BCUT2D eigenvalue weighted by molar-refractivity contribution is 0.0987. The second-order valence-corrected chi connectivity index (χ2v) is 8.20. The number of rotatable bonds is 11. The number of ketones is 1. The van der Waals surface area contributed by atoms with Gasteiger partial charge in [0.05, 0.1) is 6.61 Å². The average molecular weight is 377 g/mol. The van der Waals surface area contributed by atoms with Crippen LogP contribution in [0.1, 0.15) is 100 Å². The Hall–Kier alpha value is -1.38. The summed E-state index contributed by atoms with van der Waals surface area (Å²) < 4.78 is 20.1. The molecule has 27 heavy (non-hydrogen) atoms. The summed E-state index contributed by atoms with van der Waals surface area (Å²) in [6, 6.07) is 3.30. The number of hydrogen-bond acceptors (Lipinski definition) is 2. The van der Waals surface area contributed by atoms with E-state index in [-0.39, 0.29) is 17.3 Å². The van der Waals surface area contributed by atoms with Gasteiger partial charge in [0.25, 0.3) is 0 Å². The van der Waals surface area contributed by atoms with Crippen molar-refractivity contribution in [3.8, 4) is 5.75 Å². The van der Waals surface area contributed by atoms with Crippen LogP contribution in [0.5, 0.6) is 5.75 Å². The molecule has 0 amide bonds. The topological polar surface area (TPSA) is 26.3 Å². The molecular weight excluding hydrogens is 339 g/mol. The van der Waals surface area contributed by atoms with E-state index in [9.17, 15) is 9.18 Å². The third-order valence-corrected chi connectivity index (χ3v) is 6.17. The van der Waals surface area contributed by atoms with Gasteiger partial charge in [0, 0.05) is 12.0 Å². The highest BCUT2D eigenvalue weighted by Crippen LogP contribution is 2.34. The summed E-state index contributed by atoms with van der Waals surface area (Å²) >= 11 is 0. The number of hydrogen-bond donors (Lipinski definition) is 0. The van der Waals surface area contributed by atoms with Crippen LogP contribution in [0.2, 0.25) is 0 Å². The van der Waals surface area contributed by atoms with Gasteiger partial charge >= 0.3 is 0 Å². The Kier molecular flexibility index (Phi) is 9.30. The summed E-state index contributed by atoms with van der Waals surface area (Å²) in [6.45, 7) is 6.27. The Labute approximate surface area is 164 Å². The highest BCUT2D eigenvalue weighted by atomic mass is 19.1. The first-order chi connectivity index (χ1) is 13.1. The lowest BCUT2D eigenvalue weighted by Crippen LogP contribution is -2.15. The Bertz CT molecular complexity index is 588. The molecular formula is C24H37FO2. The summed E-state index contributed by atoms with van der Waals surface area (Å²) in [5.74, 6) is 1.63. The van der Waals surface area contributed by atoms with Crippen molar-refractivity contribution in [2.24, 2.45) is 11.8 Å². The fourth-order valence-corrected chi connectivity index (χ4v) is 4.31. The van der Waals surface area contributed by atoms with Gasteiger partial charge in [0.1, 0.15) is 0 Å². The van der Waals surface area contributed by atoms with Crippen molar-refractivity contribution in [1.82, 2.24) is 0 Å². The van der Waals surface area contributed by atoms with E-state index >= 15 is 0 Å². The molecule has 1 aliphatic rings. The van der Waals surface area contributed by atoms with Crippen LogP contribution in [0.15, 0.2) is 12.1 Å². The number of Topliss-reactive ketones (excluding diaryl/α,β-unsaturated/α-hetero) is 1. The lowest BCUT2D eigenvalue weighted by atomic mass is 9.78. The smallest absolute Gasteiger partial charge is 0.168 e. The van der Waals surface area contributed by atoms with Crippen molar-refractivity contribution >= 4 is 5.78 Å². The highest BCUT2D eigenvalue weighted by Gasteiger charge is 2.20. The monoisotopic (exact) mass is 376 g/mol. The van der Waals surface area contributed by atoms with E-state index < -0.39 is 0 Å². The fraction of sp³-hybridized carbons (Fsp3) is 0.708. The molecule has 0 N–H and O–H groups in total. The predicted molar refractivity (Wildman–Crippen MR) is 110 cm³/mol. The van der Waals surface area contributed by atoms with Crippen LogP contribution in [-0.4, -0.2) is 12.4 Å². The molecule has 0 spiro atoms. The second kappa shape index (κ2) is 11.5. The molecule has 1 aliphatic carbocycles. The van der Waals surface area contributed by atoms with Crippen molar-refractivity contribution in [1.29, 1.82) is 0 Å². The largest absolute Gasteiger partial charge is 0.491 e. The summed E-state index contributed by atoms with van der Waals surface area (Å²) in [5.41, 5.74) is 0.874. The Morgan fingerprint density at radius 1 is 1.04 bits per heavy atom. The van der Waals surface area contributed by atoms with E-state index in [2.05, 4.69) is 6.92 Å². The van der Waals surface area contributed by atoms with E-state index in [4.69, 9.17) is 4.74 Å². The summed E-state index contributed by atoms with van der Waals surface area (Å²) in [6.07, 6.45) is 13.5. The molecule has 0 heterocycles. The number of halogens is 1. The minimum Gasteiger partial charge on any atom is -0.491 e. The summed E-state index contributed by atoms with van der Waals surface area (Å²) in [4.78, 5) is 11.8. The molecule has 2 nitrogen and oxygen atoms in total. The Morgan fingerprint density at radius 3 is 2.26 bits per heavy atom. The molecule has 0 unspecified atom stereocenters. The third kappa shape index (κ3) is 6.62. The molecule has 0 aromatic heterocycles. The van der Waals surface area contributed by atoms with Crippen LogP contribution >= 0.6 is 0 Å². The number of benzene rings is 1. The van der Waals surface area contributed by atoms with Crippen LogP contribution < -0.4 is 4.74 Å². The quantitative estimate of drug-likeness (QED) is 0.300. The zero-order valence-corrected chi connectivity index (χ0v) is 17.5. The van der Waals surface area contributed by atoms with Gasteiger partial charge in [-0.15, -0.1) is 0 Å². The SMILES string of the molecule is CCCCCC1CCC(CCCOc2ccc(C(=O)CC)c(C)c2F)CC1. The maximum absolute atomic E-state index is 14.4. The zero-order valence-electron chi connectivity index (χ0n) is 17.5. The molecule has 1 fully saturated rings. The van der Waals surface area contributed by atoms with Crippen LogP contribution in [0.3, 0.4) is 0 Å². The van der Waals surface area contributed by atoms with Crippen LogP contribution in [0, 0.1) is 24.6 Å². The first-order valence-electron chi connectivity index (χ1n) is 11.0. The molecule has 0 aliphatic heterocycles. The Morgan fingerprint density at radius 2 is 1.67 bits per heavy atom. The first kappa shape index (κ1) is 21.9. The number of carbonyl (C=O) groups is 1. The number of unbranched alkanes of at least 4 members (excludes halogenated alkanes) is 2. The van der Waals surface area contributed by atoms with Crippen molar-refractivity contribution < 1.29 is 13.9 Å². The molecule has 0 atom stereocenters. The van der Waals surface area contributed by atoms with E-state index in [1.807, 2.05) is 0 Å². The van der Waals surface area contributed by atoms with Crippen LogP contribution in [0.4, 0.5) is 4.39 Å². The number of carbonyl (C=O) groups excluding carboxylic acids is 1. The molecule has 1 saturated carbocycles. The molecule has 1 aromatic rings. The van der Waals surface area contributed by atoms with Gasteiger partial charge in [0.15, 0.2) is 17.3 Å². The minimum atomic E-state index is -0.387. The molecule has 0 bridgehead atoms. The summed E-state index contributed by atoms with van der Waals surface area (Å²) in [5, 5.41) is 0. The van der Waals surface area contributed by atoms with Crippen molar-refractivity contribution in [3.05, 3.63) is 29.1 Å². The third-order valence-electron chi connectivity index (χ3n) is 6.17. The van der Waals surface area contributed by atoms with Gasteiger partial charge in [-0.3, -0.25) is 4.79 Å². The minimum absolute atomic E-state index is 0.0248. The van der Waals surface area contributed by atoms with Gasteiger partial charge in [-0.2, -0.15) is 0 Å². The van der Waals surface area contributed by atoms with E-state index in [0.29, 0.717) is 24.2 Å². The molecule has 152 valence electrons. The molecule has 2 rings (SSSR count).